The molecule has 1 saturated heterocycles. The number of aromatic nitrogens is 1. The number of rotatable bonds is 2. The number of piperidine rings is 1. The average molecular weight is 212 g/mol. The minimum atomic E-state index is -0.557. The first kappa shape index (κ1) is 10.1. The number of β-amino-alcohol motifs (C(OH)–C–C–N with tert-alkyl or cyclic N) is 1. The molecule has 0 bridgehead atoms. The van der Waals surface area contributed by atoms with Crippen molar-refractivity contribution in [3.05, 3.63) is 17.1 Å². The molecule has 0 amide bonds. The summed E-state index contributed by atoms with van der Waals surface area (Å²) in [6, 6.07) is 2.53. The number of aliphatic hydroxyl groups is 1. The monoisotopic (exact) mass is 212 g/mol. The lowest BCUT2D eigenvalue weighted by molar-refractivity contribution is 0.00917. The van der Waals surface area contributed by atoms with Crippen LogP contribution in [0.2, 0.25) is 0 Å². The second-order valence-electron chi connectivity index (χ2n) is 4.20. The van der Waals surface area contributed by atoms with Gasteiger partial charge >= 0.3 is 0 Å². The first-order chi connectivity index (χ1) is 6.68. The number of nitrogens with zero attached hydrogens (tertiary/aromatic N) is 1. The first-order valence-electron chi connectivity index (χ1n) is 5.03. The van der Waals surface area contributed by atoms with Gasteiger partial charge in [-0.2, -0.15) is 0 Å². The lowest BCUT2D eigenvalue weighted by Gasteiger charge is -2.35. The molecular formula is C10H16N2OS. The van der Waals surface area contributed by atoms with Crippen LogP contribution in [0.25, 0.3) is 0 Å². The molecule has 1 aromatic heterocycles. The van der Waals surface area contributed by atoms with E-state index in [-0.39, 0.29) is 0 Å². The summed E-state index contributed by atoms with van der Waals surface area (Å²) < 4.78 is 4.04. The fourth-order valence-corrected chi connectivity index (χ4v) is 2.56. The second kappa shape index (κ2) is 3.96. The van der Waals surface area contributed by atoms with Gasteiger partial charge in [0.05, 0.1) is 5.60 Å². The second-order valence-corrected chi connectivity index (χ2v) is 5.12. The fraction of sp³-hybridized carbons (Fsp3) is 0.700. The lowest BCUT2D eigenvalue weighted by atomic mass is 9.87. The number of nitrogens with one attached hydrogen (secondary N) is 1. The number of hydrogen-bond donors (Lipinski definition) is 2. The molecule has 1 aromatic rings. The maximum atomic E-state index is 10.3. The molecule has 2 unspecified atom stereocenters. The predicted molar refractivity (Wildman–Crippen MR) is 57.5 cm³/mol. The van der Waals surface area contributed by atoms with Gasteiger partial charge in [-0.1, -0.05) is 0 Å². The molecule has 2 heterocycles. The zero-order valence-corrected chi connectivity index (χ0v) is 9.18. The molecule has 78 valence electrons. The van der Waals surface area contributed by atoms with Gasteiger partial charge < -0.3 is 10.4 Å². The smallest absolute Gasteiger partial charge is 0.0820 e. The third-order valence-corrected chi connectivity index (χ3v) is 3.56. The van der Waals surface area contributed by atoms with Gasteiger partial charge in [-0.05, 0) is 37.4 Å². The minimum absolute atomic E-state index is 0.539. The number of hydrogen-bond acceptors (Lipinski definition) is 4. The highest BCUT2D eigenvalue weighted by Gasteiger charge is 2.31. The Bertz CT molecular complexity index is 278. The van der Waals surface area contributed by atoms with E-state index in [0.717, 1.165) is 19.3 Å². The molecule has 0 radical (unpaired) electrons. The summed E-state index contributed by atoms with van der Waals surface area (Å²) >= 11 is 1.48. The SMILES string of the molecule is CC1CCC(O)(Cc2ccns2)CN1. The van der Waals surface area contributed by atoms with Gasteiger partial charge in [0.15, 0.2) is 0 Å². The van der Waals surface area contributed by atoms with E-state index in [4.69, 9.17) is 0 Å². The van der Waals surface area contributed by atoms with Crippen molar-refractivity contribution in [2.24, 2.45) is 0 Å². The van der Waals surface area contributed by atoms with Gasteiger partial charge in [0.2, 0.25) is 0 Å². The fourth-order valence-electron chi connectivity index (χ4n) is 1.85. The maximum absolute atomic E-state index is 10.3. The summed E-state index contributed by atoms with van der Waals surface area (Å²) in [6.07, 6.45) is 4.47. The zero-order chi connectivity index (χ0) is 10.0. The van der Waals surface area contributed by atoms with Crippen LogP contribution in [0, 0.1) is 0 Å². The molecule has 1 aliphatic rings. The van der Waals surface area contributed by atoms with Crippen molar-refractivity contribution in [1.82, 2.24) is 9.69 Å². The Hall–Kier alpha value is -0.450. The highest BCUT2D eigenvalue weighted by Crippen LogP contribution is 2.24. The van der Waals surface area contributed by atoms with E-state index in [1.54, 1.807) is 6.20 Å². The predicted octanol–water partition coefficient (Wildman–Crippen LogP) is 1.19. The van der Waals surface area contributed by atoms with Crippen molar-refractivity contribution < 1.29 is 5.11 Å². The molecule has 2 atom stereocenters. The highest BCUT2D eigenvalue weighted by molar-refractivity contribution is 7.05. The molecule has 3 nitrogen and oxygen atoms in total. The van der Waals surface area contributed by atoms with Crippen LogP contribution in [0.4, 0.5) is 0 Å². The summed E-state index contributed by atoms with van der Waals surface area (Å²) in [5.41, 5.74) is -0.557. The van der Waals surface area contributed by atoms with Gasteiger partial charge in [0.25, 0.3) is 0 Å². The zero-order valence-electron chi connectivity index (χ0n) is 8.36. The van der Waals surface area contributed by atoms with Gasteiger partial charge in [0.1, 0.15) is 0 Å². The van der Waals surface area contributed by atoms with Crippen molar-refractivity contribution >= 4 is 11.5 Å². The molecule has 0 spiro atoms. The van der Waals surface area contributed by atoms with E-state index in [1.165, 1.54) is 16.4 Å². The van der Waals surface area contributed by atoms with Crippen LogP contribution >= 0.6 is 11.5 Å². The third-order valence-electron chi connectivity index (χ3n) is 2.82. The first-order valence-corrected chi connectivity index (χ1v) is 5.81. The molecule has 4 heteroatoms. The Morgan fingerprint density at radius 3 is 3.21 bits per heavy atom. The van der Waals surface area contributed by atoms with E-state index >= 15 is 0 Å². The van der Waals surface area contributed by atoms with Crippen LogP contribution in [0.1, 0.15) is 24.6 Å². The Kier molecular flexibility index (Phi) is 2.85. The topological polar surface area (TPSA) is 45.2 Å². The molecule has 0 saturated carbocycles. The van der Waals surface area contributed by atoms with Gasteiger partial charge in [0, 0.05) is 30.1 Å². The molecule has 0 aromatic carbocycles. The van der Waals surface area contributed by atoms with E-state index in [1.807, 2.05) is 6.07 Å². The molecule has 1 aliphatic heterocycles. The normalized spacial score (nSPS) is 33.1. The highest BCUT2D eigenvalue weighted by atomic mass is 32.1. The van der Waals surface area contributed by atoms with E-state index in [9.17, 15) is 5.11 Å². The van der Waals surface area contributed by atoms with Crippen LogP contribution in [0.15, 0.2) is 12.3 Å². The summed E-state index contributed by atoms with van der Waals surface area (Å²) in [4.78, 5) is 1.17. The molecule has 1 fully saturated rings. The standard InChI is InChI=1S/C10H16N2OS/c1-8-2-4-10(13,7-11-8)6-9-3-5-12-14-9/h3,5,8,11,13H,2,4,6-7H2,1H3. The summed E-state index contributed by atoms with van der Waals surface area (Å²) in [7, 11) is 0. The Morgan fingerprint density at radius 2 is 2.64 bits per heavy atom. The van der Waals surface area contributed by atoms with Crippen LogP contribution in [0.3, 0.4) is 0 Å². The van der Waals surface area contributed by atoms with Crippen molar-refractivity contribution in [1.29, 1.82) is 0 Å². The molecule has 2 rings (SSSR count). The largest absolute Gasteiger partial charge is 0.388 e. The third kappa shape index (κ3) is 2.32. The molecule has 0 aliphatic carbocycles. The molecular weight excluding hydrogens is 196 g/mol. The van der Waals surface area contributed by atoms with Crippen LogP contribution in [-0.2, 0) is 6.42 Å². The Labute approximate surface area is 88.3 Å². The Balaban J connectivity index is 1.96. The average Bonchev–Trinajstić information content (AvgIpc) is 2.63. The molecule has 2 N–H and O–H groups in total. The van der Waals surface area contributed by atoms with Crippen molar-refractivity contribution in [3.63, 3.8) is 0 Å². The molecule has 14 heavy (non-hydrogen) atoms. The van der Waals surface area contributed by atoms with Crippen LogP contribution in [0.5, 0.6) is 0 Å². The van der Waals surface area contributed by atoms with Gasteiger partial charge in [-0.3, -0.25) is 0 Å². The van der Waals surface area contributed by atoms with E-state index in [2.05, 4.69) is 16.6 Å². The lowest BCUT2D eigenvalue weighted by Crippen LogP contribution is -2.50. The summed E-state index contributed by atoms with van der Waals surface area (Å²) in [5.74, 6) is 0. The van der Waals surface area contributed by atoms with Crippen molar-refractivity contribution in [2.45, 2.75) is 37.8 Å². The van der Waals surface area contributed by atoms with Crippen LogP contribution < -0.4 is 5.32 Å². The summed E-state index contributed by atoms with van der Waals surface area (Å²) in [6.45, 7) is 2.86. The van der Waals surface area contributed by atoms with E-state index in [0.29, 0.717) is 12.6 Å². The van der Waals surface area contributed by atoms with Gasteiger partial charge in [-0.25, -0.2) is 4.37 Å². The van der Waals surface area contributed by atoms with E-state index < -0.39 is 5.60 Å². The quantitative estimate of drug-likeness (QED) is 0.774. The van der Waals surface area contributed by atoms with Gasteiger partial charge in [-0.15, -0.1) is 0 Å². The van der Waals surface area contributed by atoms with Crippen LogP contribution in [-0.4, -0.2) is 27.7 Å². The minimum Gasteiger partial charge on any atom is -0.388 e. The summed E-state index contributed by atoms with van der Waals surface area (Å²) in [5, 5.41) is 13.6. The van der Waals surface area contributed by atoms with Crippen molar-refractivity contribution in [2.75, 3.05) is 6.54 Å². The maximum Gasteiger partial charge on any atom is 0.0820 e. The Morgan fingerprint density at radius 1 is 1.79 bits per heavy atom. The van der Waals surface area contributed by atoms with Crippen molar-refractivity contribution in [3.8, 4) is 0 Å².